The minimum absolute atomic E-state index is 0.0303. The number of likely N-dealkylation sites (tertiary alicyclic amines) is 1. The second-order valence-electron chi connectivity index (χ2n) is 4.90. The van der Waals surface area contributed by atoms with Crippen molar-refractivity contribution in [2.24, 2.45) is 0 Å². The van der Waals surface area contributed by atoms with Crippen molar-refractivity contribution in [2.45, 2.75) is 25.4 Å². The van der Waals surface area contributed by atoms with Crippen LogP contribution in [0.3, 0.4) is 0 Å². The van der Waals surface area contributed by atoms with Gasteiger partial charge in [0.05, 0.1) is 6.54 Å². The van der Waals surface area contributed by atoms with Gasteiger partial charge in [-0.15, -0.1) is 11.3 Å². The average molecular weight is 296 g/mol. The van der Waals surface area contributed by atoms with Gasteiger partial charge < -0.3 is 10.4 Å². The smallest absolute Gasteiger partial charge is 0.240 e. The van der Waals surface area contributed by atoms with Crippen molar-refractivity contribution in [3.8, 4) is 0 Å². The third-order valence-corrected chi connectivity index (χ3v) is 4.26. The zero-order chi connectivity index (χ0) is 14.8. The number of nitrogens with one attached hydrogen (secondary N) is 1. The van der Waals surface area contributed by atoms with Crippen LogP contribution in [0.25, 0.3) is 0 Å². The van der Waals surface area contributed by atoms with Crippen LogP contribution < -0.4 is 5.32 Å². The molecule has 0 aromatic carbocycles. The lowest BCUT2D eigenvalue weighted by Crippen LogP contribution is -2.44. The molecular formula is C13H16N2O4S. The summed E-state index contributed by atoms with van der Waals surface area (Å²) < 4.78 is 0. The molecule has 1 aliphatic heterocycles. The summed E-state index contributed by atoms with van der Waals surface area (Å²) >= 11 is 1.40. The number of rotatable bonds is 5. The highest BCUT2D eigenvalue weighted by molar-refractivity contribution is 7.10. The van der Waals surface area contributed by atoms with Crippen molar-refractivity contribution in [1.29, 1.82) is 0 Å². The summed E-state index contributed by atoms with van der Waals surface area (Å²) in [5.41, 5.74) is -1.16. The van der Waals surface area contributed by atoms with E-state index >= 15 is 0 Å². The molecule has 2 heterocycles. The summed E-state index contributed by atoms with van der Waals surface area (Å²) in [5, 5.41) is 14.6. The monoisotopic (exact) mass is 296 g/mol. The van der Waals surface area contributed by atoms with E-state index in [9.17, 15) is 19.5 Å². The van der Waals surface area contributed by atoms with Crippen LogP contribution in [0.2, 0.25) is 0 Å². The Morgan fingerprint density at radius 3 is 2.65 bits per heavy atom. The van der Waals surface area contributed by atoms with Crippen molar-refractivity contribution in [2.75, 3.05) is 13.1 Å². The third-order valence-electron chi connectivity index (χ3n) is 3.14. The fourth-order valence-electron chi connectivity index (χ4n) is 1.94. The SMILES string of the molecule is CC(O)(CNC(=O)CN1C(=O)CCC1=O)c1cccs1. The van der Waals surface area contributed by atoms with Crippen molar-refractivity contribution < 1.29 is 19.5 Å². The number of hydrogen-bond acceptors (Lipinski definition) is 5. The predicted octanol–water partition coefficient (Wildman–Crippen LogP) is 0.221. The molecule has 1 atom stereocenters. The molecule has 7 heteroatoms. The minimum Gasteiger partial charge on any atom is -0.383 e. The maximum atomic E-state index is 11.7. The normalized spacial score (nSPS) is 18.2. The highest BCUT2D eigenvalue weighted by atomic mass is 32.1. The van der Waals surface area contributed by atoms with Gasteiger partial charge in [-0.3, -0.25) is 19.3 Å². The van der Waals surface area contributed by atoms with Gasteiger partial charge in [-0.25, -0.2) is 0 Å². The number of imide groups is 1. The molecule has 20 heavy (non-hydrogen) atoms. The Morgan fingerprint density at radius 1 is 1.45 bits per heavy atom. The first-order valence-corrected chi connectivity index (χ1v) is 7.14. The van der Waals surface area contributed by atoms with E-state index in [4.69, 9.17) is 0 Å². The number of amides is 3. The second-order valence-corrected chi connectivity index (χ2v) is 5.85. The standard InChI is InChI=1S/C13H16N2O4S/c1-13(19,9-3-2-6-20-9)8-14-10(16)7-15-11(17)4-5-12(15)18/h2-3,6,19H,4-5,7-8H2,1H3,(H,14,16). The fraction of sp³-hybridized carbons (Fsp3) is 0.462. The first-order valence-electron chi connectivity index (χ1n) is 6.26. The highest BCUT2D eigenvalue weighted by Gasteiger charge is 2.31. The summed E-state index contributed by atoms with van der Waals surface area (Å²) in [6, 6.07) is 3.60. The van der Waals surface area contributed by atoms with Crippen molar-refractivity contribution in [1.82, 2.24) is 10.2 Å². The predicted molar refractivity (Wildman–Crippen MR) is 72.9 cm³/mol. The van der Waals surface area contributed by atoms with Crippen LogP contribution >= 0.6 is 11.3 Å². The zero-order valence-corrected chi connectivity index (χ0v) is 11.9. The number of nitrogens with zero attached hydrogens (tertiary/aromatic N) is 1. The van der Waals surface area contributed by atoms with Gasteiger partial charge in [0, 0.05) is 17.7 Å². The molecule has 2 rings (SSSR count). The molecule has 1 fully saturated rings. The molecule has 1 aromatic heterocycles. The molecule has 1 aromatic rings. The van der Waals surface area contributed by atoms with Crippen molar-refractivity contribution in [3.05, 3.63) is 22.4 Å². The van der Waals surface area contributed by atoms with E-state index < -0.39 is 11.5 Å². The molecule has 2 N–H and O–H groups in total. The Labute approximate surface area is 120 Å². The van der Waals surface area contributed by atoms with Gasteiger partial charge in [0.25, 0.3) is 0 Å². The lowest BCUT2D eigenvalue weighted by atomic mass is 10.1. The number of thiophene rings is 1. The van der Waals surface area contributed by atoms with Gasteiger partial charge in [-0.2, -0.15) is 0 Å². The van der Waals surface area contributed by atoms with Gasteiger partial charge in [0.2, 0.25) is 17.7 Å². The number of carbonyl (C=O) groups is 3. The van der Waals surface area contributed by atoms with Crippen LogP contribution in [0.15, 0.2) is 17.5 Å². The average Bonchev–Trinajstić information content (AvgIpc) is 3.02. The van der Waals surface area contributed by atoms with Crippen LogP contribution in [0.1, 0.15) is 24.6 Å². The molecular weight excluding hydrogens is 280 g/mol. The first-order chi connectivity index (χ1) is 9.40. The Morgan fingerprint density at radius 2 is 2.10 bits per heavy atom. The third kappa shape index (κ3) is 3.23. The topological polar surface area (TPSA) is 86.7 Å². The van der Waals surface area contributed by atoms with Gasteiger partial charge in [0.1, 0.15) is 12.1 Å². The summed E-state index contributed by atoms with van der Waals surface area (Å²) in [6.07, 6.45) is 0.331. The second kappa shape index (κ2) is 5.72. The van der Waals surface area contributed by atoms with Crippen molar-refractivity contribution >= 4 is 29.1 Å². The number of aliphatic hydroxyl groups is 1. The fourth-order valence-corrected chi connectivity index (χ4v) is 2.73. The molecule has 3 amide bonds. The van der Waals surface area contributed by atoms with Gasteiger partial charge in [0.15, 0.2) is 0 Å². The number of hydrogen-bond donors (Lipinski definition) is 2. The van der Waals surface area contributed by atoms with Gasteiger partial charge in [-0.05, 0) is 18.4 Å². The van der Waals surface area contributed by atoms with Crippen LogP contribution in [0, 0.1) is 0 Å². The Hall–Kier alpha value is -1.73. The summed E-state index contributed by atoms with van der Waals surface area (Å²) in [7, 11) is 0. The van der Waals surface area contributed by atoms with Gasteiger partial charge >= 0.3 is 0 Å². The Bertz CT molecular complexity index is 508. The molecule has 1 aliphatic rings. The molecule has 1 saturated heterocycles. The van der Waals surface area contributed by atoms with Crippen LogP contribution in [-0.2, 0) is 20.0 Å². The quantitative estimate of drug-likeness (QED) is 0.761. The lowest BCUT2D eigenvalue weighted by molar-refractivity contribution is -0.142. The number of carbonyl (C=O) groups excluding carboxylic acids is 3. The minimum atomic E-state index is -1.16. The van der Waals surface area contributed by atoms with E-state index in [1.54, 1.807) is 13.0 Å². The molecule has 1 unspecified atom stereocenters. The van der Waals surface area contributed by atoms with E-state index in [0.717, 1.165) is 9.78 Å². The Balaban J connectivity index is 1.86. The molecule has 0 saturated carbocycles. The molecule has 108 valence electrons. The summed E-state index contributed by atoms with van der Waals surface area (Å²) in [4.78, 5) is 36.2. The zero-order valence-electron chi connectivity index (χ0n) is 11.1. The maximum absolute atomic E-state index is 11.7. The molecule has 0 aliphatic carbocycles. The van der Waals surface area contributed by atoms with E-state index in [1.807, 2.05) is 11.4 Å². The maximum Gasteiger partial charge on any atom is 0.240 e. The molecule has 6 nitrogen and oxygen atoms in total. The Kier molecular flexibility index (Phi) is 4.20. The molecule has 0 radical (unpaired) electrons. The molecule has 0 spiro atoms. The van der Waals surface area contributed by atoms with Crippen LogP contribution in [-0.4, -0.2) is 40.8 Å². The van der Waals surface area contributed by atoms with E-state index in [0.29, 0.717) is 0 Å². The van der Waals surface area contributed by atoms with Crippen LogP contribution in [0.4, 0.5) is 0 Å². The van der Waals surface area contributed by atoms with Crippen molar-refractivity contribution in [3.63, 3.8) is 0 Å². The first kappa shape index (κ1) is 14.7. The summed E-state index contributed by atoms with van der Waals surface area (Å²) in [6.45, 7) is 1.35. The van der Waals surface area contributed by atoms with E-state index in [2.05, 4.69) is 5.32 Å². The van der Waals surface area contributed by atoms with E-state index in [1.165, 1.54) is 11.3 Å². The van der Waals surface area contributed by atoms with Gasteiger partial charge in [-0.1, -0.05) is 6.07 Å². The largest absolute Gasteiger partial charge is 0.383 e. The van der Waals surface area contributed by atoms with Crippen LogP contribution in [0.5, 0.6) is 0 Å². The summed E-state index contributed by atoms with van der Waals surface area (Å²) in [5.74, 6) is -1.10. The highest BCUT2D eigenvalue weighted by Crippen LogP contribution is 2.24. The van der Waals surface area contributed by atoms with E-state index in [-0.39, 0.29) is 37.7 Å². The molecule has 0 bridgehead atoms. The lowest BCUT2D eigenvalue weighted by Gasteiger charge is -2.23.